The highest BCUT2D eigenvalue weighted by Gasteiger charge is 2.10. The van der Waals surface area contributed by atoms with Gasteiger partial charge in [-0.15, -0.1) is 11.3 Å². The van der Waals surface area contributed by atoms with E-state index >= 15 is 0 Å². The van der Waals surface area contributed by atoms with E-state index in [-0.39, 0.29) is 50.3 Å². The van der Waals surface area contributed by atoms with Gasteiger partial charge in [-0.25, -0.2) is 4.98 Å². The number of rotatable bonds is 14. The predicted molar refractivity (Wildman–Crippen MR) is 195 cm³/mol. The van der Waals surface area contributed by atoms with Gasteiger partial charge in [-0.05, 0) is 72.7 Å². The van der Waals surface area contributed by atoms with Gasteiger partial charge in [0.25, 0.3) is 0 Å². The SMILES string of the molecule is CC(=O)OCCN(CCOC(C)=O)c1ccc(C#Cc2ccc3nc(C#Cc4ccc(N(CCOC(C)=O)CCOC(C)=O)cc4)sc3c2)cc1. The summed E-state index contributed by atoms with van der Waals surface area (Å²) in [5.41, 5.74) is 5.11. The highest BCUT2D eigenvalue weighted by atomic mass is 32.1. The predicted octanol–water partition coefficient (Wildman–Crippen LogP) is 4.96. The Morgan fingerprint density at radius 3 is 1.33 bits per heavy atom. The van der Waals surface area contributed by atoms with E-state index in [1.54, 1.807) is 0 Å². The number of carbonyl (C=O) groups excluding carboxylic acids is 4. The van der Waals surface area contributed by atoms with E-state index in [1.807, 2.05) is 76.5 Å². The van der Waals surface area contributed by atoms with E-state index in [2.05, 4.69) is 28.7 Å². The molecular weight excluding hydrogens is 671 g/mol. The zero-order valence-corrected chi connectivity index (χ0v) is 29.8. The molecule has 264 valence electrons. The van der Waals surface area contributed by atoms with Crippen molar-refractivity contribution in [1.82, 2.24) is 4.98 Å². The Balaban J connectivity index is 1.40. The van der Waals surface area contributed by atoms with Crippen molar-refractivity contribution in [3.8, 4) is 23.7 Å². The number of hydrogen-bond acceptors (Lipinski definition) is 12. The summed E-state index contributed by atoms with van der Waals surface area (Å²) in [6.45, 7) is 8.16. The van der Waals surface area contributed by atoms with E-state index in [0.717, 1.165) is 38.3 Å². The minimum atomic E-state index is -0.350. The standard InChI is InChI=1S/C39H39N3O8S/c1-28(43)47-23-19-41(20-24-48-29(2)44)35-13-7-32(8-14-35)5-6-34-11-17-37-38(27-34)51-39(40-37)18-12-33-9-15-36(16-10-33)42(21-25-49-30(3)45)22-26-50-31(4)46/h7-11,13-17,27H,19-26H2,1-4H3. The van der Waals surface area contributed by atoms with Gasteiger partial charge in [0.15, 0.2) is 5.01 Å². The van der Waals surface area contributed by atoms with E-state index in [9.17, 15) is 19.2 Å². The number of hydrogen-bond donors (Lipinski definition) is 0. The summed E-state index contributed by atoms with van der Waals surface area (Å²) in [4.78, 5) is 53.4. The zero-order chi connectivity index (χ0) is 36.6. The third-order valence-electron chi connectivity index (χ3n) is 7.18. The van der Waals surface area contributed by atoms with Crippen LogP contribution in [0.2, 0.25) is 0 Å². The number of nitrogens with zero attached hydrogens (tertiary/aromatic N) is 3. The molecule has 0 radical (unpaired) electrons. The molecule has 0 atom stereocenters. The van der Waals surface area contributed by atoms with E-state index < -0.39 is 0 Å². The number of aromatic nitrogens is 1. The van der Waals surface area contributed by atoms with E-state index in [0.29, 0.717) is 31.2 Å². The minimum absolute atomic E-state index is 0.219. The smallest absolute Gasteiger partial charge is 0.302 e. The molecule has 0 unspecified atom stereocenters. The summed E-state index contributed by atoms with van der Waals surface area (Å²) in [5, 5.41) is 0.686. The average molecular weight is 710 g/mol. The van der Waals surface area contributed by atoms with Crippen LogP contribution in [0.5, 0.6) is 0 Å². The number of carbonyl (C=O) groups is 4. The van der Waals surface area contributed by atoms with Crippen molar-refractivity contribution in [2.24, 2.45) is 0 Å². The van der Waals surface area contributed by atoms with Gasteiger partial charge in [0.05, 0.1) is 36.4 Å². The first kappa shape index (κ1) is 38.0. The molecule has 0 amide bonds. The fourth-order valence-corrected chi connectivity index (χ4v) is 5.63. The average Bonchev–Trinajstić information content (AvgIpc) is 3.51. The zero-order valence-electron chi connectivity index (χ0n) is 29.0. The maximum absolute atomic E-state index is 11.2. The van der Waals surface area contributed by atoms with Gasteiger partial charge in [-0.3, -0.25) is 19.2 Å². The molecule has 0 aliphatic carbocycles. The number of thiazole rings is 1. The molecule has 4 rings (SSSR count). The van der Waals surface area contributed by atoms with Crippen molar-refractivity contribution in [3.05, 3.63) is 88.4 Å². The van der Waals surface area contributed by atoms with E-state index in [1.165, 1.54) is 39.0 Å². The Morgan fingerprint density at radius 2 is 0.922 bits per heavy atom. The third kappa shape index (κ3) is 13.2. The molecule has 0 fully saturated rings. The summed E-state index contributed by atoms with van der Waals surface area (Å²) < 4.78 is 21.4. The van der Waals surface area contributed by atoms with Crippen LogP contribution in [0.1, 0.15) is 49.4 Å². The van der Waals surface area contributed by atoms with Gasteiger partial charge in [0.1, 0.15) is 26.4 Å². The van der Waals surface area contributed by atoms with Crippen molar-refractivity contribution >= 4 is 56.8 Å². The Labute approximate surface area is 301 Å². The lowest BCUT2D eigenvalue weighted by atomic mass is 10.1. The summed E-state index contributed by atoms with van der Waals surface area (Å²) in [6, 6.07) is 21.2. The van der Waals surface area contributed by atoms with Crippen LogP contribution in [-0.4, -0.2) is 81.5 Å². The first-order chi connectivity index (χ1) is 24.5. The van der Waals surface area contributed by atoms with Crippen LogP contribution in [0.4, 0.5) is 11.4 Å². The van der Waals surface area contributed by atoms with Crippen LogP contribution >= 0.6 is 11.3 Å². The normalized spacial score (nSPS) is 10.2. The van der Waals surface area contributed by atoms with Gasteiger partial charge in [-0.1, -0.05) is 17.8 Å². The molecule has 11 nitrogen and oxygen atoms in total. The Kier molecular flexibility index (Phi) is 14.4. The van der Waals surface area contributed by atoms with Crippen molar-refractivity contribution in [3.63, 3.8) is 0 Å². The van der Waals surface area contributed by atoms with Crippen molar-refractivity contribution < 1.29 is 38.1 Å². The Hall–Kier alpha value is -5.85. The number of ether oxygens (including phenoxy) is 4. The van der Waals surface area contributed by atoms with Gasteiger partial charge >= 0.3 is 23.9 Å². The summed E-state index contributed by atoms with van der Waals surface area (Å²) in [5.74, 6) is 11.4. The van der Waals surface area contributed by atoms with Crippen LogP contribution in [0.3, 0.4) is 0 Å². The summed E-state index contributed by atoms with van der Waals surface area (Å²) in [7, 11) is 0. The van der Waals surface area contributed by atoms with Crippen molar-refractivity contribution in [1.29, 1.82) is 0 Å². The number of esters is 4. The maximum Gasteiger partial charge on any atom is 0.302 e. The van der Waals surface area contributed by atoms with Crippen molar-refractivity contribution in [2.75, 3.05) is 62.4 Å². The van der Waals surface area contributed by atoms with Gasteiger partial charge in [-0.2, -0.15) is 0 Å². The van der Waals surface area contributed by atoms with Crippen LogP contribution < -0.4 is 9.80 Å². The monoisotopic (exact) mass is 709 g/mol. The molecule has 0 aliphatic rings. The summed E-state index contributed by atoms with van der Waals surface area (Å²) in [6.07, 6.45) is 0. The van der Waals surface area contributed by atoms with Crippen molar-refractivity contribution in [2.45, 2.75) is 27.7 Å². The molecule has 0 bridgehead atoms. The van der Waals surface area contributed by atoms with E-state index in [4.69, 9.17) is 18.9 Å². The Morgan fingerprint density at radius 1 is 0.549 bits per heavy atom. The number of anilines is 2. The lowest BCUT2D eigenvalue weighted by molar-refractivity contribution is -0.142. The molecule has 0 saturated heterocycles. The molecule has 0 N–H and O–H groups in total. The topological polar surface area (TPSA) is 125 Å². The molecule has 12 heteroatoms. The first-order valence-corrected chi connectivity index (χ1v) is 17.1. The van der Waals surface area contributed by atoms with Gasteiger partial charge < -0.3 is 28.7 Å². The molecule has 1 heterocycles. The number of benzene rings is 3. The molecule has 4 aromatic rings. The third-order valence-corrected chi connectivity index (χ3v) is 8.12. The first-order valence-electron chi connectivity index (χ1n) is 16.2. The second-order valence-corrected chi connectivity index (χ2v) is 12.2. The molecular formula is C39H39N3O8S. The highest BCUT2D eigenvalue weighted by Crippen LogP contribution is 2.23. The fraction of sp³-hybridized carbons (Fsp3) is 0.308. The lowest BCUT2D eigenvalue weighted by Gasteiger charge is -2.24. The molecule has 51 heavy (non-hydrogen) atoms. The van der Waals surface area contributed by atoms with Crippen LogP contribution in [0, 0.1) is 23.7 Å². The Bertz CT molecular complexity index is 1810. The molecule has 0 aliphatic heterocycles. The fourth-order valence-electron chi connectivity index (χ4n) is 4.78. The van der Waals surface area contributed by atoms with Crippen LogP contribution in [-0.2, 0) is 38.1 Å². The largest absolute Gasteiger partial charge is 0.464 e. The van der Waals surface area contributed by atoms with Crippen LogP contribution in [0.15, 0.2) is 66.7 Å². The highest BCUT2D eigenvalue weighted by molar-refractivity contribution is 7.19. The second kappa shape index (κ2) is 19.4. The molecule has 3 aromatic carbocycles. The summed E-state index contributed by atoms with van der Waals surface area (Å²) >= 11 is 1.49. The van der Waals surface area contributed by atoms with Gasteiger partial charge in [0.2, 0.25) is 0 Å². The maximum atomic E-state index is 11.2. The molecule has 0 saturated carbocycles. The quantitative estimate of drug-likeness (QED) is 0.100. The second-order valence-electron chi connectivity index (χ2n) is 11.1. The minimum Gasteiger partial charge on any atom is -0.464 e. The molecule has 0 spiro atoms. The molecule has 1 aromatic heterocycles. The van der Waals surface area contributed by atoms with Crippen LogP contribution in [0.25, 0.3) is 10.2 Å². The van der Waals surface area contributed by atoms with Gasteiger partial charge in [0, 0.05) is 55.8 Å². The number of fused-ring (bicyclic) bond motifs is 1. The lowest BCUT2D eigenvalue weighted by Crippen LogP contribution is -2.31.